The standard InChI is InChI=1S/C30H31ClN4O3/c1-21-26(29(36)33-14-8-16-35-17-15-32-20-35)28(24-12-6-13-25(31)19-24)27(22(2)34-21)30(37)38-18-7-11-23-9-4-3-5-10-23/h3-7,9-13,15,17,19-20,28,34H,8,14,16,18H2,1-2H3,(H,33,36)/b11-7+. The van der Waals surface area contributed by atoms with Crippen molar-refractivity contribution in [3.63, 3.8) is 0 Å². The molecule has 1 amide bonds. The molecular formula is C30H31ClN4O3. The van der Waals surface area contributed by atoms with Gasteiger partial charge in [-0.2, -0.15) is 0 Å². The van der Waals surface area contributed by atoms with E-state index in [0.717, 1.165) is 24.1 Å². The first-order valence-corrected chi connectivity index (χ1v) is 12.9. The Kier molecular flexibility index (Phi) is 9.16. The first-order valence-electron chi connectivity index (χ1n) is 12.5. The number of hydrogen-bond acceptors (Lipinski definition) is 5. The molecule has 1 unspecified atom stereocenters. The summed E-state index contributed by atoms with van der Waals surface area (Å²) in [4.78, 5) is 30.9. The van der Waals surface area contributed by atoms with Gasteiger partial charge in [-0.25, -0.2) is 9.78 Å². The molecule has 2 N–H and O–H groups in total. The number of nitrogens with zero attached hydrogens (tertiary/aromatic N) is 2. The van der Waals surface area contributed by atoms with Crippen molar-refractivity contribution in [1.29, 1.82) is 0 Å². The molecule has 1 atom stereocenters. The van der Waals surface area contributed by atoms with Crippen LogP contribution >= 0.6 is 11.6 Å². The molecule has 4 rings (SSSR count). The third-order valence-corrected chi connectivity index (χ3v) is 6.50. The Bertz CT molecular complexity index is 1360. The summed E-state index contributed by atoms with van der Waals surface area (Å²) in [6, 6.07) is 17.0. The first-order chi connectivity index (χ1) is 18.4. The van der Waals surface area contributed by atoms with Crippen molar-refractivity contribution in [2.45, 2.75) is 32.7 Å². The van der Waals surface area contributed by atoms with Gasteiger partial charge in [-0.1, -0.05) is 60.1 Å². The van der Waals surface area contributed by atoms with E-state index in [-0.39, 0.29) is 12.5 Å². The molecule has 2 aromatic carbocycles. The van der Waals surface area contributed by atoms with E-state index in [2.05, 4.69) is 15.6 Å². The number of benzene rings is 2. The molecule has 1 aliphatic heterocycles. The van der Waals surface area contributed by atoms with E-state index >= 15 is 0 Å². The van der Waals surface area contributed by atoms with E-state index in [0.29, 0.717) is 34.1 Å². The molecule has 1 aliphatic rings. The zero-order chi connectivity index (χ0) is 26.9. The number of imidazole rings is 1. The first kappa shape index (κ1) is 26.9. The van der Waals surface area contributed by atoms with Gasteiger partial charge in [0.1, 0.15) is 6.61 Å². The minimum absolute atomic E-state index is 0.102. The predicted molar refractivity (Wildman–Crippen MR) is 149 cm³/mol. The lowest BCUT2D eigenvalue weighted by Crippen LogP contribution is -2.37. The van der Waals surface area contributed by atoms with Crippen molar-refractivity contribution in [3.8, 4) is 0 Å². The van der Waals surface area contributed by atoms with Gasteiger partial charge in [0.05, 0.1) is 17.8 Å². The number of amides is 1. The van der Waals surface area contributed by atoms with Crippen molar-refractivity contribution in [2.75, 3.05) is 13.2 Å². The van der Waals surface area contributed by atoms with Gasteiger partial charge in [0.15, 0.2) is 0 Å². The number of esters is 1. The summed E-state index contributed by atoms with van der Waals surface area (Å²) >= 11 is 6.32. The maximum Gasteiger partial charge on any atom is 0.337 e. The fourth-order valence-electron chi connectivity index (χ4n) is 4.51. The van der Waals surface area contributed by atoms with Crippen LogP contribution in [0.3, 0.4) is 0 Å². The fraction of sp³-hybridized carbons (Fsp3) is 0.233. The summed E-state index contributed by atoms with van der Waals surface area (Å²) in [5.41, 5.74) is 3.93. The average molecular weight is 531 g/mol. The van der Waals surface area contributed by atoms with Crippen molar-refractivity contribution < 1.29 is 14.3 Å². The van der Waals surface area contributed by atoms with Crippen LogP contribution in [0, 0.1) is 0 Å². The van der Waals surface area contributed by atoms with Gasteiger partial charge in [0.25, 0.3) is 0 Å². The van der Waals surface area contributed by atoms with Gasteiger partial charge in [-0.05, 0) is 49.6 Å². The number of carbonyl (C=O) groups is 2. The Morgan fingerprint density at radius 3 is 2.63 bits per heavy atom. The summed E-state index contributed by atoms with van der Waals surface area (Å²) < 4.78 is 7.60. The number of aryl methyl sites for hydroxylation is 1. The lowest BCUT2D eigenvalue weighted by molar-refractivity contribution is -0.138. The van der Waals surface area contributed by atoms with E-state index < -0.39 is 11.9 Å². The highest BCUT2D eigenvalue weighted by atomic mass is 35.5. The number of hydrogen-bond donors (Lipinski definition) is 2. The molecule has 0 saturated heterocycles. The van der Waals surface area contributed by atoms with Crippen LogP contribution in [-0.4, -0.2) is 34.6 Å². The van der Waals surface area contributed by atoms with Gasteiger partial charge in [0.2, 0.25) is 5.91 Å². The Hall–Kier alpha value is -4.10. The Balaban J connectivity index is 1.53. The molecule has 7 nitrogen and oxygen atoms in total. The molecule has 2 heterocycles. The number of allylic oxidation sites excluding steroid dienone is 2. The van der Waals surface area contributed by atoms with Crippen LogP contribution in [0.5, 0.6) is 0 Å². The maximum atomic E-state index is 13.5. The van der Waals surface area contributed by atoms with Crippen LogP contribution in [0.2, 0.25) is 5.02 Å². The number of ether oxygens (including phenoxy) is 1. The van der Waals surface area contributed by atoms with E-state index in [9.17, 15) is 9.59 Å². The smallest absolute Gasteiger partial charge is 0.337 e. The summed E-state index contributed by atoms with van der Waals surface area (Å²) in [6.45, 7) is 4.97. The highest BCUT2D eigenvalue weighted by Crippen LogP contribution is 2.39. The third-order valence-electron chi connectivity index (χ3n) is 6.27. The van der Waals surface area contributed by atoms with Crippen molar-refractivity contribution in [3.05, 3.63) is 118 Å². The lowest BCUT2D eigenvalue weighted by Gasteiger charge is -2.31. The maximum absolute atomic E-state index is 13.5. The predicted octanol–water partition coefficient (Wildman–Crippen LogP) is 5.23. The minimum atomic E-state index is -0.630. The van der Waals surface area contributed by atoms with Gasteiger partial charge < -0.3 is 19.9 Å². The zero-order valence-electron chi connectivity index (χ0n) is 21.5. The molecule has 196 valence electrons. The van der Waals surface area contributed by atoms with Gasteiger partial charge >= 0.3 is 5.97 Å². The molecule has 38 heavy (non-hydrogen) atoms. The molecule has 0 radical (unpaired) electrons. The van der Waals surface area contributed by atoms with Crippen LogP contribution in [0.4, 0.5) is 0 Å². The molecule has 1 aromatic heterocycles. The number of carbonyl (C=O) groups excluding carboxylic acids is 2. The summed E-state index contributed by atoms with van der Waals surface area (Å²) in [5.74, 6) is -1.36. The van der Waals surface area contributed by atoms with E-state index in [1.807, 2.05) is 73.2 Å². The number of nitrogens with one attached hydrogen (secondary N) is 2. The van der Waals surface area contributed by atoms with Crippen LogP contribution in [0.1, 0.15) is 37.3 Å². The zero-order valence-corrected chi connectivity index (χ0v) is 22.2. The molecule has 3 aromatic rings. The number of halogens is 1. The Morgan fingerprint density at radius 1 is 1.11 bits per heavy atom. The third kappa shape index (κ3) is 6.81. The Morgan fingerprint density at radius 2 is 1.89 bits per heavy atom. The second-order valence-corrected chi connectivity index (χ2v) is 9.45. The number of rotatable bonds is 10. The van der Waals surface area contributed by atoms with Crippen LogP contribution in [-0.2, 0) is 20.9 Å². The number of aromatic nitrogens is 2. The summed E-state index contributed by atoms with van der Waals surface area (Å²) in [5, 5.41) is 6.76. The molecule has 0 spiro atoms. The molecule has 0 aliphatic carbocycles. The summed E-state index contributed by atoms with van der Waals surface area (Å²) in [6.07, 6.45) is 9.78. The highest BCUT2D eigenvalue weighted by molar-refractivity contribution is 6.30. The average Bonchev–Trinajstić information content (AvgIpc) is 3.43. The SMILES string of the molecule is CC1=C(C(=O)NCCCn2ccnc2)C(c2cccc(Cl)c2)C(C(=O)OC/C=C/c2ccccc2)=C(C)N1. The highest BCUT2D eigenvalue weighted by Gasteiger charge is 2.37. The normalized spacial score (nSPS) is 15.5. The van der Waals surface area contributed by atoms with Crippen LogP contribution in [0.25, 0.3) is 6.08 Å². The fourth-order valence-corrected chi connectivity index (χ4v) is 4.71. The minimum Gasteiger partial charge on any atom is -0.458 e. The molecular weight excluding hydrogens is 500 g/mol. The monoisotopic (exact) mass is 530 g/mol. The van der Waals surface area contributed by atoms with Crippen molar-refractivity contribution >= 4 is 29.6 Å². The van der Waals surface area contributed by atoms with Crippen LogP contribution in [0.15, 0.2) is 102 Å². The van der Waals surface area contributed by atoms with E-state index in [4.69, 9.17) is 16.3 Å². The van der Waals surface area contributed by atoms with Gasteiger partial charge in [-0.3, -0.25) is 4.79 Å². The van der Waals surface area contributed by atoms with Crippen molar-refractivity contribution in [1.82, 2.24) is 20.2 Å². The van der Waals surface area contributed by atoms with Crippen LogP contribution < -0.4 is 10.6 Å². The van der Waals surface area contributed by atoms with Gasteiger partial charge in [-0.15, -0.1) is 0 Å². The van der Waals surface area contributed by atoms with Gasteiger partial charge in [0, 0.05) is 47.5 Å². The molecule has 0 bridgehead atoms. The molecule has 0 saturated carbocycles. The molecule has 0 fully saturated rings. The largest absolute Gasteiger partial charge is 0.458 e. The molecule has 8 heteroatoms. The van der Waals surface area contributed by atoms with Crippen molar-refractivity contribution in [2.24, 2.45) is 0 Å². The van der Waals surface area contributed by atoms with E-state index in [1.54, 1.807) is 30.7 Å². The lowest BCUT2D eigenvalue weighted by atomic mass is 9.80. The second kappa shape index (κ2) is 12.9. The second-order valence-electron chi connectivity index (χ2n) is 9.01. The quantitative estimate of drug-likeness (QED) is 0.277. The summed E-state index contributed by atoms with van der Waals surface area (Å²) in [7, 11) is 0. The topological polar surface area (TPSA) is 85.2 Å². The number of dihydropyridines is 1. The van der Waals surface area contributed by atoms with E-state index in [1.165, 1.54) is 0 Å². The Labute approximate surface area is 227 Å².